The predicted octanol–water partition coefficient (Wildman–Crippen LogP) is 3.60. The Labute approximate surface area is 149 Å². The fourth-order valence-corrected chi connectivity index (χ4v) is 2.68. The lowest BCUT2D eigenvalue weighted by molar-refractivity contribution is -0.117. The number of phenols is 1. The Morgan fingerprint density at radius 2 is 2.08 bits per heavy atom. The summed E-state index contributed by atoms with van der Waals surface area (Å²) in [5.74, 6) is 0.0749. The minimum atomic E-state index is -0.267. The highest BCUT2D eigenvalue weighted by atomic mass is 32.1. The van der Waals surface area contributed by atoms with Gasteiger partial charge in [0.05, 0.1) is 5.56 Å². The number of carbonyl (C=O) groups is 1. The Bertz CT molecular complexity index is 965. The molecule has 3 aromatic rings. The van der Waals surface area contributed by atoms with E-state index in [4.69, 9.17) is 16.6 Å². The Balaban J connectivity index is 1.88. The van der Waals surface area contributed by atoms with Gasteiger partial charge >= 0.3 is 0 Å². The number of hydrogen-bond donors (Lipinski definition) is 3. The molecule has 25 heavy (non-hydrogen) atoms. The summed E-state index contributed by atoms with van der Waals surface area (Å²) < 4.78 is 5.73. The molecule has 7 heteroatoms. The number of oxazole rings is 1. The maximum Gasteiger partial charge on any atom is 0.231 e. The second-order valence-corrected chi connectivity index (χ2v) is 5.95. The van der Waals surface area contributed by atoms with E-state index < -0.39 is 0 Å². The molecular formula is C18H17N3O3S. The molecule has 1 amide bonds. The van der Waals surface area contributed by atoms with Gasteiger partial charge in [0.2, 0.25) is 11.8 Å². The number of amides is 1. The lowest BCUT2D eigenvalue weighted by atomic mass is 10.1. The Morgan fingerprint density at radius 1 is 1.28 bits per heavy atom. The first-order valence-electron chi connectivity index (χ1n) is 7.77. The third-order valence-electron chi connectivity index (χ3n) is 3.64. The van der Waals surface area contributed by atoms with Crippen LogP contribution in [0.15, 0.2) is 40.8 Å². The summed E-state index contributed by atoms with van der Waals surface area (Å²) in [6, 6.07) is 10.7. The molecule has 0 saturated carbocycles. The van der Waals surface area contributed by atoms with E-state index >= 15 is 0 Å². The summed E-state index contributed by atoms with van der Waals surface area (Å²) in [7, 11) is 0. The predicted molar refractivity (Wildman–Crippen MR) is 101 cm³/mol. The van der Waals surface area contributed by atoms with Crippen LogP contribution in [0.25, 0.3) is 22.6 Å². The van der Waals surface area contributed by atoms with E-state index in [1.165, 1.54) is 18.6 Å². The minimum absolute atomic E-state index is 0.00195. The molecule has 3 N–H and O–H groups in total. The maximum atomic E-state index is 11.0. The van der Waals surface area contributed by atoms with E-state index in [2.05, 4.69) is 22.5 Å². The summed E-state index contributed by atoms with van der Waals surface area (Å²) in [4.78, 5) is 15.4. The molecule has 6 nitrogen and oxygen atoms in total. The minimum Gasteiger partial charge on any atom is -0.507 e. The number of benzene rings is 2. The largest absolute Gasteiger partial charge is 0.507 e. The van der Waals surface area contributed by atoms with E-state index in [1.807, 2.05) is 18.2 Å². The zero-order valence-corrected chi connectivity index (χ0v) is 14.6. The molecule has 1 aromatic heterocycles. The molecule has 1 heterocycles. The number of anilines is 1. The van der Waals surface area contributed by atoms with Gasteiger partial charge in [0.1, 0.15) is 11.3 Å². The Morgan fingerprint density at radius 3 is 2.76 bits per heavy atom. The molecule has 0 spiro atoms. The third kappa shape index (κ3) is 3.77. The normalized spacial score (nSPS) is 10.6. The second kappa shape index (κ2) is 6.90. The van der Waals surface area contributed by atoms with Crippen molar-refractivity contribution in [1.82, 2.24) is 10.3 Å². The maximum absolute atomic E-state index is 11.0. The van der Waals surface area contributed by atoms with Crippen LogP contribution in [-0.4, -0.2) is 21.1 Å². The zero-order chi connectivity index (χ0) is 18.0. The van der Waals surface area contributed by atoms with E-state index in [1.54, 1.807) is 12.1 Å². The van der Waals surface area contributed by atoms with E-state index in [9.17, 15) is 9.90 Å². The van der Waals surface area contributed by atoms with Gasteiger partial charge in [-0.2, -0.15) is 0 Å². The average Bonchev–Trinajstić information content (AvgIpc) is 2.96. The summed E-state index contributed by atoms with van der Waals surface area (Å²) >= 11 is 4.99. The fourth-order valence-electron chi connectivity index (χ4n) is 2.42. The highest BCUT2D eigenvalue weighted by Crippen LogP contribution is 2.33. The van der Waals surface area contributed by atoms with Crippen LogP contribution in [0.2, 0.25) is 0 Å². The van der Waals surface area contributed by atoms with E-state index in [0.717, 1.165) is 11.9 Å². The number of aryl methyl sites for hydroxylation is 1. The molecule has 128 valence electrons. The summed E-state index contributed by atoms with van der Waals surface area (Å²) in [6.45, 7) is 3.44. The van der Waals surface area contributed by atoms with Crippen molar-refractivity contribution in [1.29, 1.82) is 0 Å². The summed E-state index contributed by atoms with van der Waals surface area (Å²) in [5, 5.41) is 15.7. The average molecular weight is 355 g/mol. The number of nitrogens with zero attached hydrogens (tertiary/aromatic N) is 1. The Hall–Kier alpha value is -2.93. The van der Waals surface area contributed by atoms with Crippen LogP contribution in [0.4, 0.5) is 5.69 Å². The number of hydrogen-bond acceptors (Lipinski definition) is 5. The molecule has 0 bridgehead atoms. The number of aromatic nitrogens is 1. The van der Waals surface area contributed by atoms with Crippen LogP contribution in [0.3, 0.4) is 0 Å². The van der Waals surface area contributed by atoms with Crippen LogP contribution in [0.1, 0.15) is 19.4 Å². The first kappa shape index (κ1) is 16.9. The van der Waals surface area contributed by atoms with Crippen LogP contribution in [0, 0.1) is 0 Å². The highest BCUT2D eigenvalue weighted by molar-refractivity contribution is 7.80. The number of nitrogens with one attached hydrogen (secondary N) is 2. The van der Waals surface area contributed by atoms with Crippen molar-refractivity contribution < 1.29 is 14.3 Å². The van der Waals surface area contributed by atoms with E-state index in [0.29, 0.717) is 22.7 Å². The number of aromatic hydroxyl groups is 1. The van der Waals surface area contributed by atoms with Gasteiger partial charge < -0.3 is 20.2 Å². The number of phenolic OH excluding ortho intramolecular Hbond substituents is 1. The summed E-state index contributed by atoms with van der Waals surface area (Å²) in [6.07, 6.45) is 0.915. The zero-order valence-electron chi connectivity index (χ0n) is 13.8. The number of rotatable bonds is 3. The lowest BCUT2D eigenvalue weighted by Crippen LogP contribution is -2.32. The van der Waals surface area contributed by atoms with Crippen LogP contribution in [0.5, 0.6) is 5.75 Å². The molecule has 0 aliphatic heterocycles. The summed E-state index contributed by atoms with van der Waals surface area (Å²) in [5.41, 5.74) is 3.61. The quantitative estimate of drug-likeness (QED) is 0.622. The molecule has 0 radical (unpaired) electrons. The smallest absolute Gasteiger partial charge is 0.231 e. The van der Waals surface area contributed by atoms with Crippen molar-refractivity contribution in [3.63, 3.8) is 0 Å². The third-order valence-corrected chi connectivity index (χ3v) is 3.84. The van der Waals surface area contributed by atoms with Gasteiger partial charge in [0.15, 0.2) is 10.7 Å². The van der Waals surface area contributed by atoms with Crippen molar-refractivity contribution >= 4 is 40.0 Å². The van der Waals surface area contributed by atoms with Crippen molar-refractivity contribution in [2.75, 3.05) is 5.32 Å². The number of fused-ring (bicyclic) bond motifs is 1. The molecule has 0 aliphatic carbocycles. The molecule has 3 rings (SSSR count). The fraction of sp³-hybridized carbons (Fsp3) is 0.167. The van der Waals surface area contributed by atoms with Gasteiger partial charge in [0.25, 0.3) is 0 Å². The van der Waals surface area contributed by atoms with Crippen molar-refractivity contribution in [2.24, 2.45) is 0 Å². The molecule has 0 aliphatic rings. The lowest BCUT2D eigenvalue weighted by Gasteiger charge is -2.09. The van der Waals surface area contributed by atoms with Crippen LogP contribution in [-0.2, 0) is 11.2 Å². The molecule has 0 atom stereocenters. The highest BCUT2D eigenvalue weighted by Gasteiger charge is 2.13. The van der Waals surface area contributed by atoms with Crippen molar-refractivity contribution in [3.8, 4) is 17.2 Å². The van der Waals surface area contributed by atoms with Gasteiger partial charge in [-0.3, -0.25) is 4.79 Å². The molecule has 2 aromatic carbocycles. The molecular weight excluding hydrogens is 338 g/mol. The van der Waals surface area contributed by atoms with Crippen molar-refractivity contribution in [2.45, 2.75) is 20.3 Å². The standard InChI is InChI=1S/C18H17N3O3S/c1-3-11-4-7-16-14(8-11)21-17(24-16)13-6-5-12(9-15(13)23)20-18(25)19-10(2)22/h4-9,23H,3H2,1-2H3,(H2,19,20,22,25). The first-order valence-corrected chi connectivity index (χ1v) is 8.18. The van der Waals surface area contributed by atoms with Gasteiger partial charge in [0, 0.05) is 18.7 Å². The van der Waals surface area contributed by atoms with Gasteiger partial charge in [-0.25, -0.2) is 4.98 Å². The van der Waals surface area contributed by atoms with Gasteiger partial charge in [-0.1, -0.05) is 13.0 Å². The van der Waals surface area contributed by atoms with Crippen molar-refractivity contribution in [3.05, 3.63) is 42.0 Å². The Kier molecular flexibility index (Phi) is 4.67. The van der Waals surface area contributed by atoms with Gasteiger partial charge in [-0.05, 0) is 48.5 Å². The van der Waals surface area contributed by atoms with E-state index in [-0.39, 0.29) is 16.8 Å². The monoisotopic (exact) mass is 355 g/mol. The number of thiocarbonyl (C=S) groups is 1. The first-order chi connectivity index (χ1) is 12.0. The number of carbonyl (C=O) groups excluding carboxylic acids is 1. The molecule has 0 fully saturated rings. The second-order valence-electron chi connectivity index (χ2n) is 5.54. The topological polar surface area (TPSA) is 87.4 Å². The molecule has 0 saturated heterocycles. The SMILES string of the molecule is CCc1ccc2oc(-c3ccc(NC(=S)NC(C)=O)cc3O)nc2c1. The van der Waals surface area contributed by atoms with Crippen LogP contribution >= 0.6 is 12.2 Å². The van der Waals surface area contributed by atoms with Gasteiger partial charge in [-0.15, -0.1) is 0 Å². The molecule has 0 unspecified atom stereocenters. The van der Waals surface area contributed by atoms with Crippen LogP contribution < -0.4 is 10.6 Å².